The van der Waals surface area contributed by atoms with Crippen LogP contribution >= 0.6 is 23.8 Å². The lowest BCUT2D eigenvalue weighted by atomic mass is 10.1. The molecule has 106 valence electrons. The van der Waals surface area contributed by atoms with E-state index < -0.39 is 0 Å². The van der Waals surface area contributed by atoms with Gasteiger partial charge in [-0.05, 0) is 19.1 Å². The fourth-order valence-electron chi connectivity index (χ4n) is 2.30. The molecule has 2 N–H and O–H groups in total. The molecule has 3 aromatic rings. The van der Waals surface area contributed by atoms with Crippen molar-refractivity contribution in [3.05, 3.63) is 47.1 Å². The molecule has 0 aliphatic carbocycles. The highest BCUT2D eigenvalue weighted by Gasteiger charge is 2.14. The van der Waals surface area contributed by atoms with Crippen LogP contribution in [0.4, 0.5) is 0 Å². The molecular formula is C15H13ClN4S. The first kappa shape index (κ1) is 14.0. The van der Waals surface area contributed by atoms with Gasteiger partial charge >= 0.3 is 0 Å². The average Bonchev–Trinajstić information content (AvgIpc) is 2.76. The SMILES string of the molecule is Cc1cccc(-c2nc3cc(Cl)cnc3n2CC(N)=S)c1. The van der Waals surface area contributed by atoms with Gasteiger partial charge in [-0.2, -0.15) is 0 Å². The monoisotopic (exact) mass is 316 g/mol. The Kier molecular flexibility index (Phi) is 3.61. The molecule has 1 aromatic carbocycles. The Morgan fingerprint density at radius 2 is 2.19 bits per heavy atom. The maximum absolute atomic E-state index is 6.00. The van der Waals surface area contributed by atoms with E-state index in [1.54, 1.807) is 12.3 Å². The van der Waals surface area contributed by atoms with E-state index in [2.05, 4.69) is 16.0 Å². The Morgan fingerprint density at radius 1 is 1.38 bits per heavy atom. The van der Waals surface area contributed by atoms with Gasteiger partial charge in [0.25, 0.3) is 0 Å². The number of nitrogens with two attached hydrogens (primary N) is 1. The zero-order valence-corrected chi connectivity index (χ0v) is 12.9. The molecule has 0 fully saturated rings. The second-order valence-corrected chi connectivity index (χ2v) is 5.81. The smallest absolute Gasteiger partial charge is 0.160 e. The van der Waals surface area contributed by atoms with Crippen LogP contribution in [0.1, 0.15) is 5.56 Å². The van der Waals surface area contributed by atoms with Crippen molar-refractivity contribution in [2.45, 2.75) is 13.5 Å². The van der Waals surface area contributed by atoms with Gasteiger partial charge in [-0.25, -0.2) is 9.97 Å². The highest BCUT2D eigenvalue weighted by atomic mass is 35.5. The van der Waals surface area contributed by atoms with Crippen molar-refractivity contribution in [1.29, 1.82) is 0 Å². The van der Waals surface area contributed by atoms with Crippen LogP contribution in [-0.4, -0.2) is 19.5 Å². The standard InChI is InChI=1S/C15H13ClN4S/c1-9-3-2-4-10(5-9)14-19-12-6-11(16)7-18-15(12)20(14)8-13(17)21/h2-7H,8H2,1H3,(H2,17,21). The predicted octanol–water partition coefficient (Wildman–Crippen LogP) is 3.35. The van der Waals surface area contributed by atoms with Crippen molar-refractivity contribution in [3.8, 4) is 11.4 Å². The van der Waals surface area contributed by atoms with Crippen LogP contribution in [0.5, 0.6) is 0 Å². The Morgan fingerprint density at radius 3 is 2.90 bits per heavy atom. The number of fused-ring (bicyclic) bond motifs is 1. The number of benzene rings is 1. The van der Waals surface area contributed by atoms with Gasteiger partial charge in [0.1, 0.15) is 11.3 Å². The van der Waals surface area contributed by atoms with Crippen LogP contribution in [-0.2, 0) is 6.54 Å². The first-order valence-electron chi connectivity index (χ1n) is 6.42. The molecule has 0 spiro atoms. The number of hydrogen-bond acceptors (Lipinski definition) is 3. The molecule has 0 unspecified atom stereocenters. The summed E-state index contributed by atoms with van der Waals surface area (Å²) < 4.78 is 1.92. The molecule has 0 aliphatic rings. The Hall–Kier alpha value is -1.98. The van der Waals surface area contributed by atoms with Gasteiger partial charge < -0.3 is 10.3 Å². The highest BCUT2D eigenvalue weighted by Crippen LogP contribution is 2.25. The van der Waals surface area contributed by atoms with Gasteiger partial charge in [0, 0.05) is 11.8 Å². The molecule has 0 radical (unpaired) electrons. The van der Waals surface area contributed by atoms with E-state index in [1.807, 2.05) is 29.7 Å². The number of thiocarbonyl (C=S) groups is 1. The summed E-state index contributed by atoms with van der Waals surface area (Å²) in [6, 6.07) is 9.90. The van der Waals surface area contributed by atoms with Gasteiger partial charge in [-0.1, -0.05) is 47.6 Å². The quantitative estimate of drug-likeness (QED) is 0.753. The normalized spacial score (nSPS) is 11.0. The molecule has 6 heteroatoms. The molecule has 0 amide bonds. The Balaban J connectivity index is 2.27. The maximum atomic E-state index is 6.00. The molecule has 0 saturated heterocycles. The third-order valence-electron chi connectivity index (χ3n) is 3.14. The number of nitrogens with zero attached hydrogens (tertiary/aromatic N) is 3. The van der Waals surface area contributed by atoms with Crippen molar-refractivity contribution in [3.63, 3.8) is 0 Å². The average molecular weight is 317 g/mol. The number of rotatable bonds is 3. The van der Waals surface area contributed by atoms with Crippen LogP contribution in [0.25, 0.3) is 22.6 Å². The minimum atomic E-state index is 0.389. The first-order valence-corrected chi connectivity index (χ1v) is 7.20. The summed E-state index contributed by atoms with van der Waals surface area (Å²) >= 11 is 11.0. The van der Waals surface area contributed by atoms with E-state index in [-0.39, 0.29) is 0 Å². The predicted molar refractivity (Wildman–Crippen MR) is 89.5 cm³/mol. The number of hydrogen-bond donors (Lipinski definition) is 1. The molecule has 3 rings (SSSR count). The van der Waals surface area contributed by atoms with Crippen LogP contribution < -0.4 is 5.73 Å². The molecule has 0 aliphatic heterocycles. The van der Waals surface area contributed by atoms with Crippen LogP contribution in [0.2, 0.25) is 5.02 Å². The lowest BCUT2D eigenvalue weighted by Gasteiger charge is -2.08. The summed E-state index contributed by atoms with van der Waals surface area (Å²) in [7, 11) is 0. The van der Waals surface area contributed by atoms with Crippen molar-refractivity contribution in [2.75, 3.05) is 0 Å². The topological polar surface area (TPSA) is 56.7 Å². The third kappa shape index (κ3) is 2.75. The van der Waals surface area contributed by atoms with Gasteiger partial charge in [0.15, 0.2) is 5.65 Å². The summed E-state index contributed by atoms with van der Waals surface area (Å²) in [6.07, 6.45) is 1.60. The molecule has 4 nitrogen and oxygen atoms in total. The summed E-state index contributed by atoms with van der Waals surface area (Å²) in [6.45, 7) is 2.43. The van der Waals surface area contributed by atoms with Crippen molar-refractivity contribution in [1.82, 2.24) is 14.5 Å². The van der Waals surface area contributed by atoms with Gasteiger partial charge in [0.2, 0.25) is 0 Å². The molecular weight excluding hydrogens is 304 g/mol. The van der Waals surface area contributed by atoms with E-state index in [1.165, 1.54) is 0 Å². The zero-order chi connectivity index (χ0) is 15.0. The Labute approximate surface area is 132 Å². The van der Waals surface area contributed by atoms with Crippen molar-refractivity contribution >= 4 is 40.0 Å². The van der Waals surface area contributed by atoms with Crippen LogP contribution in [0, 0.1) is 6.92 Å². The largest absolute Gasteiger partial charge is 0.392 e. The second kappa shape index (κ2) is 5.42. The fraction of sp³-hybridized carbons (Fsp3) is 0.133. The minimum absolute atomic E-state index is 0.389. The van der Waals surface area contributed by atoms with Crippen molar-refractivity contribution < 1.29 is 0 Å². The van der Waals surface area contributed by atoms with Gasteiger partial charge in [-0.3, -0.25) is 0 Å². The molecule has 0 saturated carbocycles. The first-order chi connectivity index (χ1) is 10.0. The van der Waals surface area contributed by atoms with E-state index in [0.717, 1.165) is 28.1 Å². The molecule has 2 aromatic heterocycles. The molecule has 0 bridgehead atoms. The lowest BCUT2D eigenvalue weighted by Crippen LogP contribution is -2.17. The second-order valence-electron chi connectivity index (χ2n) is 4.85. The maximum Gasteiger partial charge on any atom is 0.160 e. The van der Waals surface area contributed by atoms with Crippen LogP contribution in [0.15, 0.2) is 36.5 Å². The number of aryl methyl sites for hydroxylation is 1. The summed E-state index contributed by atoms with van der Waals surface area (Å²) in [5, 5.41) is 0.554. The summed E-state index contributed by atoms with van der Waals surface area (Å²) in [4.78, 5) is 9.38. The number of imidazole rings is 1. The number of aromatic nitrogens is 3. The van der Waals surface area contributed by atoms with E-state index >= 15 is 0 Å². The fourth-order valence-corrected chi connectivity index (χ4v) is 2.58. The van der Waals surface area contributed by atoms with Gasteiger partial charge in [-0.15, -0.1) is 0 Å². The van der Waals surface area contributed by atoms with E-state index in [4.69, 9.17) is 29.6 Å². The lowest BCUT2D eigenvalue weighted by molar-refractivity contribution is 0.882. The van der Waals surface area contributed by atoms with Crippen molar-refractivity contribution in [2.24, 2.45) is 5.73 Å². The summed E-state index contributed by atoms with van der Waals surface area (Å²) in [5.74, 6) is 0.788. The number of halogens is 1. The zero-order valence-electron chi connectivity index (χ0n) is 11.4. The minimum Gasteiger partial charge on any atom is -0.392 e. The highest BCUT2D eigenvalue weighted by molar-refractivity contribution is 7.80. The van der Waals surface area contributed by atoms with E-state index in [0.29, 0.717) is 16.6 Å². The molecule has 0 atom stereocenters. The van der Waals surface area contributed by atoms with Crippen LogP contribution in [0.3, 0.4) is 0 Å². The number of pyridine rings is 1. The Bertz CT molecular complexity index is 841. The third-order valence-corrected chi connectivity index (χ3v) is 3.48. The molecule has 21 heavy (non-hydrogen) atoms. The van der Waals surface area contributed by atoms with E-state index in [9.17, 15) is 0 Å². The summed E-state index contributed by atoms with van der Waals surface area (Å²) in [5.41, 5.74) is 9.33. The molecule has 2 heterocycles. The van der Waals surface area contributed by atoms with Gasteiger partial charge in [0.05, 0.1) is 16.6 Å².